The van der Waals surface area contributed by atoms with Gasteiger partial charge < -0.3 is 9.47 Å². The van der Waals surface area contributed by atoms with Crippen molar-refractivity contribution < 1.29 is 14.3 Å². The van der Waals surface area contributed by atoms with E-state index in [1.54, 1.807) is 7.11 Å². The van der Waals surface area contributed by atoms with Crippen LogP contribution in [0.25, 0.3) is 0 Å². The maximum atomic E-state index is 12.0. The highest BCUT2D eigenvalue weighted by Crippen LogP contribution is 2.34. The zero-order valence-electron chi connectivity index (χ0n) is 11.3. The molecular weight excluding hydrogens is 218 g/mol. The Morgan fingerprint density at radius 2 is 2.18 bits per heavy atom. The summed E-state index contributed by atoms with van der Waals surface area (Å²) >= 11 is 0. The molecule has 17 heavy (non-hydrogen) atoms. The van der Waals surface area contributed by atoms with Crippen LogP contribution in [0.3, 0.4) is 0 Å². The number of hydrogen-bond donors (Lipinski definition) is 1. The van der Waals surface area contributed by atoms with Gasteiger partial charge in [-0.15, -0.1) is 0 Å². The van der Waals surface area contributed by atoms with E-state index in [0.717, 1.165) is 6.42 Å². The zero-order chi connectivity index (χ0) is 12.7. The molecule has 0 heterocycles. The largest absolute Gasteiger partial charge is 0.465 e. The molecule has 1 N–H and O–H groups in total. The lowest BCUT2D eigenvalue weighted by Crippen LogP contribution is -2.53. The van der Waals surface area contributed by atoms with E-state index in [0.29, 0.717) is 25.7 Å². The molecule has 1 rings (SSSR count). The second-order valence-electron chi connectivity index (χ2n) is 4.97. The van der Waals surface area contributed by atoms with Crippen LogP contribution in [0.5, 0.6) is 0 Å². The van der Waals surface area contributed by atoms with E-state index in [4.69, 9.17) is 9.47 Å². The van der Waals surface area contributed by atoms with Crippen LogP contribution in [0, 0.1) is 5.92 Å². The molecule has 1 aliphatic rings. The van der Waals surface area contributed by atoms with Crippen molar-refractivity contribution >= 4 is 5.97 Å². The fourth-order valence-electron chi connectivity index (χ4n) is 2.22. The lowest BCUT2D eigenvalue weighted by atomic mass is 9.76. The number of hydrogen-bond acceptors (Lipinski definition) is 4. The molecule has 1 aliphatic carbocycles. The second kappa shape index (κ2) is 6.97. The molecule has 4 heteroatoms. The Kier molecular flexibility index (Phi) is 5.92. The van der Waals surface area contributed by atoms with Gasteiger partial charge in [-0.3, -0.25) is 10.1 Å². The van der Waals surface area contributed by atoms with Crippen LogP contribution in [0.15, 0.2) is 0 Å². The Bertz CT molecular complexity index is 241. The first-order valence-corrected chi connectivity index (χ1v) is 6.53. The molecular formula is C13H25NO3. The average molecular weight is 243 g/mol. The fourth-order valence-corrected chi connectivity index (χ4v) is 2.22. The minimum Gasteiger partial charge on any atom is -0.465 e. The second-order valence-corrected chi connectivity index (χ2v) is 4.97. The molecule has 1 unspecified atom stereocenters. The Labute approximate surface area is 104 Å². The van der Waals surface area contributed by atoms with E-state index in [9.17, 15) is 4.79 Å². The van der Waals surface area contributed by atoms with E-state index in [-0.39, 0.29) is 5.97 Å². The maximum absolute atomic E-state index is 12.0. The Hall–Kier alpha value is -0.610. The topological polar surface area (TPSA) is 47.6 Å². The summed E-state index contributed by atoms with van der Waals surface area (Å²) in [5, 5.41) is 3.28. The number of nitrogens with one attached hydrogen (secondary N) is 1. The number of carbonyl (C=O) groups excluding carboxylic acids is 1. The van der Waals surface area contributed by atoms with Gasteiger partial charge in [-0.1, -0.05) is 19.3 Å². The molecule has 1 atom stereocenters. The van der Waals surface area contributed by atoms with Crippen molar-refractivity contribution in [1.29, 1.82) is 0 Å². The van der Waals surface area contributed by atoms with Crippen LogP contribution in [0.2, 0.25) is 0 Å². The van der Waals surface area contributed by atoms with Gasteiger partial charge in [0.05, 0.1) is 13.2 Å². The number of methoxy groups -OCH3 is 1. The van der Waals surface area contributed by atoms with Crippen LogP contribution in [-0.2, 0) is 14.3 Å². The predicted molar refractivity (Wildman–Crippen MR) is 66.9 cm³/mol. The van der Waals surface area contributed by atoms with Crippen molar-refractivity contribution in [3.8, 4) is 0 Å². The van der Waals surface area contributed by atoms with Gasteiger partial charge in [0.25, 0.3) is 0 Å². The standard InChI is InChI=1S/C13H25NO3/c1-4-17-12(15)13(2,14-8-9-16-3)10-11-6-5-7-11/h11,14H,4-10H2,1-3H3. The third-order valence-corrected chi connectivity index (χ3v) is 3.47. The highest BCUT2D eigenvalue weighted by atomic mass is 16.5. The third kappa shape index (κ3) is 4.28. The van der Waals surface area contributed by atoms with E-state index in [1.807, 2.05) is 13.8 Å². The predicted octanol–water partition coefficient (Wildman–Crippen LogP) is 1.73. The molecule has 0 amide bonds. The minimum atomic E-state index is -0.556. The van der Waals surface area contributed by atoms with Crippen molar-refractivity contribution in [1.82, 2.24) is 5.32 Å². The van der Waals surface area contributed by atoms with Crippen LogP contribution < -0.4 is 5.32 Å². The van der Waals surface area contributed by atoms with Crippen LogP contribution in [0.1, 0.15) is 39.5 Å². The molecule has 4 nitrogen and oxygen atoms in total. The lowest BCUT2D eigenvalue weighted by molar-refractivity contribution is -0.151. The Morgan fingerprint density at radius 1 is 1.47 bits per heavy atom. The van der Waals surface area contributed by atoms with Gasteiger partial charge in [0.15, 0.2) is 0 Å². The van der Waals surface area contributed by atoms with E-state index in [1.165, 1.54) is 19.3 Å². The summed E-state index contributed by atoms with van der Waals surface area (Å²) in [5.74, 6) is 0.530. The highest BCUT2D eigenvalue weighted by Gasteiger charge is 2.38. The molecule has 0 saturated heterocycles. The van der Waals surface area contributed by atoms with Crippen molar-refractivity contribution in [2.45, 2.75) is 45.1 Å². The summed E-state index contributed by atoms with van der Waals surface area (Å²) < 4.78 is 10.2. The van der Waals surface area contributed by atoms with Crippen LogP contribution in [-0.4, -0.2) is 38.4 Å². The number of ether oxygens (including phenoxy) is 2. The van der Waals surface area contributed by atoms with Crippen molar-refractivity contribution in [3.05, 3.63) is 0 Å². The van der Waals surface area contributed by atoms with E-state index in [2.05, 4.69) is 5.32 Å². The molecule has 0 aromatic heterocycles. The molecule has 1 fully saturated rings. The summed E-state index contributed by atoms with van der Waals surface area (Å²) in [6.07, 6.45) is 4.64. The summed E-state index contributed by atoms with van der Waals surface area (Å²) in [7, 11) is 1.66. The van der Waals surface area contributed by atoms with Gasteiger partial charge >= 0.3 is 5.97 Å². The highest BCUT2D eigenvalue weighted by molar-refractivity contribution is 5.80. The molecule has 0 spiro atoms. The normalized spacial score (nSPS) is 19.5. The summed E-state index contributed by atoms with van der Waals surface area (Å²) in [6, 6.07) is 0. The monoisotopic (exact) mass is 243 g/mol. The van der Waals surface area contributed by atoms with Gasteiger partial charge in [-0.2, -0.15) is 0 Å². The molecule has 100 valence electrons. The van der Waals surface area contributed by atoms with Crippen LogP contribution >= 0.6 is 0 Å². The van der Waals surface area contributed by atoms with Gasteiger partial charge in [-0.25, -0.2) is 0 Å². The molecule has 0 bridgehead atoms. The molecule has 0 aliphatic heterocycles. The number of rotatable bonds is 8. The van der Waals surface area contributed by atoms with Gasteiger partial charge in [0.2, 0.25) is 0 Å². The third-order valence-electron chi connectivity index (χ3n) is 3.47. The number of esters is 1. The Balaban J connectivity index is 2.50. The first kappa shape index (κ1) is 14.5. The number of carbonyl (C=O) groups is 1. The summed E-state index contributed by atoms with van der Waals surface area (Å²) in [4.78, 5) is 12.0. The summed E-state index contributed by atoms with van der Waals surface area (Å²) in [6.45, 7) is 5.51. The maximum Gasteiger partial charge on any atom is 0.326 e. The smallest absolute Gasteiger partial charge is 0.326 e. The van der Waals surface area contributed by atoms with E-state index < -0.39 is 5.54 Å². The van der Waals surface area contributed by atoms with Crippen molar-refractivity contribution in [2.75, 3.05) is 26.9 Å². The molecule has 0 aromatic rings. The minimum absolute atomic E-state index is 0.136. The van der Waals surface area contributed by atoms with E-state index >= 15 is 0 Å². The fraction of sp³-hybridized carbons (Fsp3) is 0.923. The SMILES string of the molecule is CCOC(=O)C(C)(CC1CCC1)NCCOC. The van der Waals surface area contributed by atoms with Gasteiger partial charge in [0, 0.05) is 13.7 Å². The van der Waals surface area contributed by atoms with Crippen LogP contribution in [0.4, 0.5) is 0 Å². The van der Waals surface area contributed by atoms with Crippen molar-refractivity contribution in [2.24, 2.45) is 5.92 Å². The van der Waals surface area contributed by atoms with Gasteiger partial charge in [0.1, 0.15) is 5.54 Å². The first-order chi connectivity index (χ1) is 8.12. The first-order valence-electron chi connectivity index (χ1n) is 6.53. The zero-order valence-corrected chi connectivity index (χ0v) is 11.3. The van der Waals surface area contributed by atoms with Gasteiger partial charge in [-0.05, 0) is 26.2 Å². The lowest BCUT2D eigenvalue weighted by Gasteiger charge is -2.35. The molecule has 0 aromatic carbocycles. The quantitative estimate of drug-likeness (QED) is 0.521. The average Bonchev–Trinajstić information content (AvgIpc) is 2.24. The van der Waals surface area contributed by atoms with Crippen molar-refractivity contribution in [3.63, 3.8) is 0 Å². The molecule has 1 saturated carbocycles. The molecule has 0 radical (unpaired) electrons. The Morgan fingerprint density at radius 3 is 2.65 bits per heavy atom. The summed E-state index contributed by atoms with van der Waals surface area (Å²) in [5.41, 5.74) is -0.556.